The molecule has 1 aromatic carbocycles. The van der Waals surface area contributed by atoms with Crippen molar-refractivity contribution in [2.24, 2.45) is 23.7 Å². The fourth-order valence-electron chi connectivity index (χ4n) is 4.53. The molecule has 1 aromatic rings. The van der Waals surface area contributed by atoms with Gasteiger partial charge < -0.3 is 18.8 Å². The molecular weight excluding hydrogens is 519 g/mol. The number of fused-ring (bicyclic) bond motifs is 1. The maximum atomic E-state index is 12.8. The monoisotopic (exact) mass is 535 g/mol. The lowest BCUT2D eigenvalue weighted by Crippen LogP contribution is -2.35. The standard InChI is InChI=1S/C18H17IO9S/c19-11-2-1-8(16(20)26-3-4-29(23,24)25)6-13(11)28-17(21)14-9-5-10-12(7-9)27-18(22)15(10)14/h1-2,6,9-10,12,14-15H,3-5,7H2,(H,23,24,25)/p-1. The fraction of sp³-hybridized carbons (Fsp3) is 0.500. The number of halogens is 1. The molecule has 0 spiro atoms. The summed E-state index contributed by atoms with van der Waals surface area (Å²) in [5.41, 5.74) is 0.0461. The summed E-state index contributed by atoms with van der Waals surface area (Å²) in [6.45, 7) is -0.568. The summed E-state index contributed by atoms with van der Waals surface area (Å²) in [6, 6.07) is 4.30. The zero-order valence-corrected chi connectivity index (χ0v) is 17.9. The van der Waals surface area contributed by atoms with Gasteiger partial charge in [-0.1, -0.05) is 0 Å². The molecule has 2 aliphatic carbocycles. The van der Waals surface area contributed by atoms with Crippen molar-refractivity contribution in [3.63, 3.8) is 0 Å². The molecule has 0 aromatic heterocycles. The molecule has 3 fully saturated rings. The molecule has 0 N–H and O–H groups in total. The Kier molecular flexibility index (Phi) is 5.32. The molecule has 0 radical (unpaired) electrons. The van der Waals surface area contributed by atoms with Crippen LogP contribution in [0.25, 0.3) is 0 Å². The number of carbonyl (C=O) groups is 3. The Morgan fingerprint density at radius 2 is 2.03 bits per heavy atom. The third-order valence-corrected chi connectivity index (χ3v) is 7.26. The van der Waals surface area contributed by atoms with Gasteiger partial charge in [-0.3, -0.25) is 9.59 Å². The van der Waals surface area contributed by atoms with Crippen LogP contribution in [0.5, 0.6) is 5.75 Å². The van der Waals surface area contributed by atoms with Crippen LogP contribution in [0.3, 0.4) is 0 Å². The highest BCUT2D eigenvalue weighted by Crippen LogP contribution is 2.58. The molecule has 4 rings (SSSR count). The van der Waals surface area contributed by atoms with Crippen molar-refractivity contribution < 1.29 is 41.6 Å². The van der Waals surface area contributed by atoms with Crippen LogP contribution in [0, 0.1) is 27.2 Å². The number of hydrogen-bond donors (Lipinski definition) is 0. The number of benzene rings is 1. The minimum Gasteiger partial charge on any atom is -0.748 e. The van der Waals surface area contributed by atoms with E-state index < -0.39 is 46.3 Å². The van der Waals surface area contributed by atoms with Gasteiger partial charge in [0.1, 0.15) is 18.5 Å². The summed E-state index contributed by atoms with van der Waals surface area (Å²) in [5, 5.41) is 0. The smallest absolute Gasteiger partial charge is 0.338 e. The lowest BCUT2D eigenvalue weighted by Gasteiger charge is -2.23. The lowest BCUT2D eigenvalue weighted by atomic mass is 9.80. The minimum absolute atomic E-state index is 0.0461. The number of esters is 3. The first-order valence-corrected chi connectivity index (χ1v) is 11.6. The topological polar surface area (TPSA) is 136 Å². The number of hydrogen-bond acceptors (Lipinski definition) is 9. The molecule has 11 heteroatoms. The van der Waals surface area contributed by atoms with Crippen molar-refractivity contribution in [1.82, 2.24) is 0 Å². The Morgan fingerprint density at radius 1 is 1.28 bits per heavy atom. The van der Waals surface area contributed by atoms with Crippen LogP contribution < -0.4 is 4.74 Å². The van der Waals surface area contributed by atoms with Gasteiger partial charge in [0.15, 0.2) is 0 Å². The highest BCUT2D eigenvalue weighted by atomic mass is 127. The maximum absolute atomic E-state index is 12.8. The second kappa shape index (κ2) is 7.51. The van der Waals surface area contributed by atoms with E-state index >= 15 is 0 Å². The minimum atomic E-state index is -4.49. The second-order valence-corrected chi connectivity index (χ2v) is 10.1. The molecule has 1 heterocycles. The van der Waals surface area contributed by atoms with Crippen LogP contribution in [-0.4, -0.2) is 49.3 Å². The summed E-state index contributed by atoms with van der Waals surface area (Å²) in [6.07, 6.45) is 1.35. The Balaban J connectivity index is 1.45. The second-order valence-electron chi connectivity index (χ2n) is 7.39. The van der Waals surface area contributed by atoms with Gasteiger partial charge in [0.05, 0.1) is 36.8 Å². The van der Waals surface area contributed by atoms with Gasteiger partial charge in [-0.15, -0.1) is 0 Å². The van der Waals surface area contributed by atoms with E-state index in [2.05, 4.69) is 0 Å². The molecular formula is C18H16IO9S-. The van der Waals surface area contributed by atoms with Crippen LogP contribution in [0.2, 0.25) is 0 Å². The number of ether oxygens (including phenoxy) is 3. The SMILES string of the molecule is O=C(OCCS(=O)(=O)[O-])c1ccc(I)c(OC(=O)C2C3CC4OC(=O)C2C4C3)c1. The molecule has 3 aliphatic rings. The van der Waals surface area contributed by atoms with Crippen molar-refractivity contribution in [2.75, 3.05) is 12.4 Å². The number of carbonyl (C=O) groups excluding carboxylic acids is 3. The molecule has 2 bridgehead atoms. The Morgan fingerprint density at radius 3 is 2.76 bits per heavy atom. The summed E-state index contributed by atoms with van der Waals surface area (Å²) >= 11 is 1.94. The average Bonchev–Trinajstić information content (AvgIpc) is 3.24. The van der Waals surface area contributed by atoms with E-state index in [9.17, 15) is 27.4 Å². The van der Waals surface area contributed by atoms with Crippen LogP contribution in [0.1, 0.15) is 23.2 Å². The van der Waals surface area contributed by atoms with Crippen LogP contribution in [0.15, 0.2) is 18.2 Å². The van der Waals surface area contributed by atoms with E-state index in [1.165, 1.54) is 12.1 Å². The third kappa shape index (κ3) is 3.99. The Labute approximate surface area is 180 Å². The zero-order valence-electron chi connectivity index (χ0n) is 14.9. The van der Waals surface area contributed by atoms with Crippen LogP contribution in [-0.2, 0) is 29.2 Å². The first-order valence-electron chi connectivity index (χ1n) is 8.96. The highest BCUT2D eigenvalue weighted by Gasteiger charge is 2.64. The predicted octanol–water partition coefficient (Wildman–Crippen LogP) is 1.10. The quantitative estimate of drug-likeness (QED) is 0.227. The van der Waals surface area contributed by atoms with Crippen molar-refractivity contribution in [1.29, 1.82) is 0 Å². The molecule has 2 saturated carbocycles. The summed E-state index contributed by atoms with van der Waals surface area (Å²) in [7, 11) is -4.49. The Hall–Kier alpha value is -1.73. The first kappa shape index (κ1) is 20.5. The van der Waals surface area contributed by atoms with E-state index in [4.69, 9.17) is 14.2 Å². The van der Waals surface area contributed by atoms with Gasteiger partial charge in [0.25, 0.3) is 0 Å². The van der Waals surface area contributed by atoms with E-state index in [0.717, 1.165) is 6.42 Å². The summed E-state index contributed by atoms with van der Waals surface area (Å²) in [4.78, 5) is 37.0. The van der Waals surface area contributed by atoms with Gasteiger partial charge in [0, 0.05) is 5.92 Å². The third-order valence-electron chi connectivity index (χ3n) is 5.70. The van der Waals surface area contributed by atoms with E-state index in [-0.39, 0.29) is 35.2 Å². The molecule has 0 amide bonds. The van der Waals surface area contributed by atoms with Crippen molar-refractivity contribution in [2.45, 2.75) is 18.9 Å². The lowest BCUT2D eigenvalue weighted by molar-refractivity contribution is -0.149. The molecule has 1 aliphatic heterocycles. The first-order chi connectivity index (χ1) is 13.6. The Bertz CT molecular complexity index is 987. The van der Waals surface area contributed by atoms with Crippen molar-refractivity contribution in [3.05, 3.63) is 27.3 Å². The van der Waals surface area contributed by atoms with E-state index in [1.54, 1.807) is 6.07 Å². The molecule has 9 nitrogen and oxygen atoms in total. The van der Waals surface area contributed by atoms with Crippen LogP contribution >= 0.6 is 22.6 Å². The molecule has 156 valence electrons. The van der Waals surface area contributed by atoms with Gasteiger partial charge in [-0.05, 0) is 59.5 Å². The normalized spacial score (nSPS) is 29.6. The van der Waals surface area contributed by atoms with E-state index in [0.29, 0.717) is 9.99 Å². The maximum Gasteiger partial charge on any atom is 0.338 e. The predicted molar refractivity (Wildman–Crippen MR) is 103 cm³/mol. The van der Waals surface area contributed by atoms with E-state index in [1.807, 2.05) is 22.6 Å². The van der Waals surface area contributed by atoms with Crippen molar-refractivity contribution >= 4 is 50.6 Å². The largest absolute Gasteiger partial charge is 0.748 e. The van der Waals surface area contributed by atoms with Gasteiger partial charge in [-0.25, -0.2) is 13.2 Å². The zero-order chi connectivity index (χ0) is 20.9. The van der Waals surface area contributed by atoms with Crippen molar-refractivity contribution in [3.8, 4) is 5.75 Å². The van der Waals surface area contributed by atoms with Crippen LogP contribution in [0.4, 0.5) is 0 Å². The van der Waals surface area contributed by atoms with Gasteiger partial charge >= 0.3 is 17.9 Å². The molecule has 5 atom stereocenters. The fourth-order valence-corrected chi connectivity index (χ4v) is 5.26. The summed E-state index contributed by atoms with van der Waals surface area (Å²) < 4.78 is 48.0. The summed E-state index contributed by atoms with van der Waals surface area (Å²) in [5.74, 6) is -3.30. The molecule has 1 saturated heterocycles. The van der Waals surface area contributed by atoms with Gasteiger partial charge in [-0.2, -0.15) is 0 Å². The molecule has 29 heavy (non-hydrogen) atoms. The highest BCUT2D eigenvalue weighted by molar-refractivity contribution is 14.1. The molecule has 5 unspecified atom stereocenters. The van der Waals surface area contributed by atoms with Gasteiger partial charge in [0.2, 0.25) is 0 Å². The number of rotatable bonds is 6. The average molecular weight is 535 g/mol.